The number of hydrogen-bond acceptors (Lipinski definition) is 4. The van der Waals surface area contributed by atoms with Gasteiger partial charge in [-0.25, -0.2) is 0 Å². The first-order valence-electron chi connectivity index (χ1n) is 7.69. The van der Waals surface area contributed by atoms with E-state index < -0.39 is 6.10 Å². The van der Waals surface area contributed by atoms with E-state index in [4.69, 9.17) is 9.47 Å². The highest BCUT2D eigenvalue weighted by Crippen LogP contribution is 2.17. The maximum atomic E-state index is 10.2. The average Bonchev–Trinajstić information content (AvgIpc) is 2.34. The van der Waals surface area contributed by atoms with Crippen molar-refractivity contribution in [3.63, 3.8) is 0 Å². The summed E-state index contributed by atoms with van der Waals surface area (Å²) < 4.78 is 11.4. The van der Waals surface area contributed by atoms with Crippen LogP contribution in [0.3, 0.4) is 0 Å². The number of benzene rings is 1. The SMILES string of the molecule is Cc1cc(C)cc(OC[C@@H](O)CN2C[C@@H](C)O[C@H](C)C2)c1. The number of ether oxygens (including phenoxy) is 2. The second-order valence-electron chi connectivity index (χ2n) is 6.26. The molecule has 21 heavy (non-hydrogen) atoms. The van der Waals surface area contributed by atoms with Crippen molar-refractivity contribution in [2.24, 2.45) is 0 Å². The fourth-order valence-corrected chi connectivity index (χ4v) is 2.99. The largest absolute Gasteiger partial charge is 0.491 e. The van der Waals surface area contributed by atoms with Gasteiger partial charge in [0.2, 0.25) is 0 Å². The lowest BCUT2D eigenvalue weighted by atomic mass is 10.1. The fourth-order valence-electron chi connectivity index (χ4n) is 2.99. The van der Waals surface area contributed by atoms with Gasteiger partial charge in [-0.1, -0.05) is 6.07 Å². The Morgan fingerprint density at radius 1 is 1.19 bits per heavy atom. The summed E-state index contributed by atoms with van der Waals surface area (Å²) in [5, 5.41) is 10.2. The molecule has 0 unspecified atom stereocenters. The zero-order chi connectivity index (χ0) is 15.4. The van der Waals surface area contributed by atoms with E-state index in [0.29, 0.717) is 13.2 Å². The Labute approximate surface area is 127 Å². The fraction of sp³-hybridized carbons (Fsp3) is 0.647. The van der Waals surface area contributed by atoms with Crippen molar-refractivity contribution in [1.82, 2.24) is 4.90 Å². The zero-order valence-corrected chi connectivity index (χ0v) is 13.5. The van der Waals surface area contributed by atoms with Gasteiger partial charge in [0.25, 0.3) is 0 Å². The van der Waals surface area contributed by atoms with Crippen molar-refractivity contribution in [1.29, 1.82) is 0 Å². The van der Waals surface area contributed by atoms with Crippen molar-refractivity contribution in [2.45, 2.75) is 46.0 Å². The molecule has 1 N–H and O–H groups in total. The highest BCUT2D eigenvalue weighted by Gasteiger charge is 2.23. The molecule has 118 valence electrons. The van der Waals surface area contributed by atoms with Crippen molar-refractivity contribution in [2.75, 3.05) is 26.2 Å². The van der Waals surface area contributed by atoms with Gasteiger partial charge in [-0.15, -0.1) is 0 Å². The molecule has 0 bridgehead atoms. The highest BCUT2D eigenvalue weighted by molar-refractivity contribution is 5.32. The van der Waals surface area contributed by atoms with Gasteiger partial charge in [0, 0.05) is 19.6 Å². The topological polar surface area (TPSA) is 41.9 Å². The second kappa shape index (κ2) is 7.25. The maximum absolute atomic E-state index is 10.2. The monoisotopic (exact) mass is 293 g/mol. The molecule has 1 heterocycles. The third-order valence-electron chi connectivity index (χ3n) is 3.60. The molecule has 0 saturated carbocycles. The Kier molecular flexibility index (Phi) is 5.62. The molecule has 4 heteroatoms. The number of β-amino-alcohol motifs (C(OH)–C–C–N with tert-alkyl or cyclic N) is 1. The van der Waals surface area contributed by atoms with Crippen molar-refractivity contribution in [3.8, 4) is 5.75 Å². The normalized spacial score (nSPS) is 24.8. The van der Waals surface area contributed by atoms with E-state index in [1.54, 1.807) is 0 Å². The summed E-state index contributed by atoms with van der Waals surface area (Å²) in [7, 11) is 0. The number of rotatable bonds is 5. The van der Waals surface area contributed by atoms with Crippen LogP contribution in [0.4, 0.5) is 0 Å². The highest BCUT2D eigenvalue weighted by atomic mass is 16.5. The molecular formula is C17H27NO3. The Morgan fingerprint density at radius 3 is 2.33 bits per heavy atom. The summed E-state index contributed by atoms with van der Waals surface area (Å²) in [6, 6.07) is 6.11. The first-order valence-corrected chi connectivity index (χ1v) is 7.69. The first-order chi connectivity index (χ1) is 9.92. The summed E-state index contributed by atoms with van der Waals surface area (Å²) in [4.78, 5) is 2.24. The summed E-state index contributed by atoms with van der Waals surface area (Å²) in [6.45, 7) is 10.9. The molecule has 0 amide bonds. The van der Waals surface area contributed by atoms with Crippen LogP contribution < -0.4 is 4.74 Å². The van der Waals surface area contributed by atoms with Crippen LogP contribution in [-0.2, 0) is 4.74 Å². The number of aryl methyl sites for hydroxylation is 2. The van der Waals surface area contributed by atoms with Crippen LogP contribution in [0.15, 0.2) is 18.2 Å². The molecule has 0 spiro atoms. The van der Waals surface area contributed by atoms with Crippen molar-refractivity contribution < 1.29 is 14.6 Å². The van der Waals surface area contributed by atoms with Crippen LogP contribution in [0.2, 0.25) is 0 Å². The van der Waals surface area contributed by atoms with Crippen molar-refractivity contribution in [3.05, 3.63) is 29.3 Å². The Morgan fingerprint density at radius 2 is 1.76 bits per heavy atom. The number of aliphatic hydroxyl groups excluding tert-OH is 1. The van der Waals surface area contributed by atoms with Crippen LogP contribution in [0.25, 0.3) is 0 Å². The molecule has 0 aromatic heterocycles. The summed E-state index contributed by atoms with van der Waals surface area (Å²) in [6.07, 6.45) is -0.0362. The predicted octanol–water partition coefficient (Wildman–Crippen LogP) is 2.15. The number of hydrogen-bond donors (Lipinski definition) is 1. The molecule has 0 aliphatic carbocycles. The van der Waals surface area contributed by atoms with E-state index >= 15 is 0 Å². The van der Waals surface area contributed by atoms with Crippen LogP contribution in [0, 0.1) is 13.8 Å². The Bertz CT molecular complexity index is 433. The first kappa shape index (κ1) is 16.3. The van der Waals surface area contributed by atoms with Gasteiger partial charge in [0.15, 0.2) is 0 Å². The summed E-state index contributed by atoms with van der Waals surface area (Å²) >= 11 is 0. The molecule has 1 aromatic rings. The van der Waals surface area contributed by atoms with Gasteiger partial charge in [-0.05, 0) is 51.0 Å². The van der Waals surface area contributed by atoms with Crippen LogP contribution in [0.5, 0.6) is 5.75 Å². The molecule has 1 aromatic carbocycles. The predicted molar refractivity (Wildman–Crippen MR) is 83.9 cm³/mol. The quantitative estimate of drug-likeness (QED) is 0.903. The van der Waals surface area contributed by atoms with E-state index in [1.807, 2.05) is 26.0 Å². The van der Waals surface area contributed by atoms with Crippen molar-refractivity contribution >= 4 is 0 Å². The molecule has 4 nitrogen and oxygen atoms in total. The second-order valence-corrected chi connectivity index (χ2v) is 6.26. The maximum Gasteiger partial charge on any atom is 0.119 e. The lowest BCUT2D eigenvalue weighted by molar-refractivity contribution is -0.0786. The molecule has 0 radical (unpaired) electrons. The molecule has 2 rings (SSSR count). The number of morpholine rings is 1. The smallest absolute Gasteiger partial charge is 0.119 e. The zero-order valence-electron chi connectivity index (χ0n) is 13.5. The van der Waals surface area contributed by atoms with Crippen LogP contribution in [0.1, 0.15) is 25.0 Å². The van der Waals surface area contributed by atoms with Crippen LogP contribution in [-0.4, -0.2) is 54.6 Å². The molecule has 1 aliphatic heterocycles. The van der Waals surface area contributed by atoms with E-state index in [0.717, 1.165) is 18.8 Å². The summed E-state index contributed by atoms with van der Waals surface area (Å²) in [5.41, 5.74) is 2.35. The van der Waals surface area contributed by atoms with E-state index in [9.17, 15) is 5.11 Å². The van der Waals surface area contributed by atoms with Gasteiger partial charge >= 0.3 is 0 Å². The minimum atomic E-state index is -0.483. The van der Waals surface area contributed by atoms with E-state index in [2.05, 4.69) is 24.8 Å². The van der Waals surface area contributed by atoms with Gasteiger partial charge in [0.1, 0.15) is 18.5 Å². The lowest BCUT2D eigenvalue weighted by Gasteiger charge is -2.36. The third kappa shape index (κ3) is 5.30. The molecule has 1 fully saturated rings. The summed E-state index contributed by atoms with van der Waals surface area (Å²) in [5.74, 6) is 0.829. The van der Waals surface area contributed by atoms with Crippen LogP contribution >= 0.6 is 0 Å². The Hall–Kier alpha value is -1.10. The minimum Gasteiger partial charge on any atom is -0.491 e. The standard InChI is InChI=1S/C17H27NO3/c1-12-5-13(2)7-17(6-12)20-11-16(19)10-18-8-14(3)21-15(4)9-18/h5-7,14-16,19H,8-11H2,1-4H3/t14-,15-,16+/m1/s1. The number of nitrogens with zero attached hydrogens (tertiary/aromatic N) is 1. The van der Waals surface area contributed by atoms with Gasteiger partial charge in [-0.2, -0.15) is 0 Å². The van der Waals surface area contributed by atoms with E-state index in [-0.39, 0.29) is 12.2 Å². The third-order valence-corrected chi connectivity index (χ3v) is 3.60. The lowest BCUT2D eigenvalue weighted by Crippen LogP contribution is -2.48. The molecule has 1 aliphatic rings. The Balaban J connectivity index is 1.80. The average molecular weight is 293 g/mol. The van der Waals surface area contributed by atoms with Gasteiger partial charge < -0.3 is 14.6 Å². The minimum absolute atomic E-state index is 0.223. The molecule has 3 atom stereocenters. The van der Waals surface area contributed by atoms with Gasteiger partial charge in [-0.3, -0.25) is 4.90 Å². The van der Waals surface area contributed by atoms with Gasteiger partial charge in [0.05, 0.1) is 12.2 Å². The molecular weight excluding hydrogens is 266 g/mol. The van der Waals surface area contributed by atoms with E-state index in [1.165, 1.54) is 11.1 Å². The molecule has 1 saturated heterocycles. The number of aliphatic hydroxyl groups is 1.